The standard InChI is InChI=1S/C17H22N2O3S2/c1-11(20)17(13(21)6-10-19-8-3-4-9-19)12-5-7-18-15(22)14(12)16(23-2)24-17/h6,10,16H,3-5,7-9H2,1-2H3,(H,18,22)/b10-6+. The Morgan fingerprint density at radius 1 is 1.38 bits per heavy atom. The summed E-state index contributed by atoms with van der Waals surface area (Å²) in [6.45, 7) is 3.85. The maximum absolute atomic E-state index is 13.1. The molecule has 5 nitrogen and oxygen atoms in total. The van der Waals surface area contributed by atoms with Crippen molar-refractivity contribution in [2.75, 3.05) is 25.9 Å². The van der Waals surface area contributed by atoms with Crippen molar-refractivity contribution < 1.29 is 14.4 Å². The minimum absolute atomic E-state index is 0.137. The first-order chi connectivity index (χ1) is 11.5. The Hall–Kier alpha value is -1.21. The highest BCUT2D eigenvalue weighted by Crippen LogP contribution is 2.54. The molecule has 0 radical (unpaired) electrons. The third kappa shape index (κ3) is 2.81. The largest absolute Gasteiger partial charge is 0.377 e. The van der Waals surface area contributed by atoms with E-state index in [0.29, 0.717) is 18.5 Å². The lowest BCUT2D eigenvalue weighted by molar-refractivity contribution is -0.125. The van der Waals surface area contributed by atoms with Crippen molar-refractivity contribution in [2.45, 2.75) is 35.5 Å². The van der Waals surface area contributed by atoms with Gasteiger partial charge in [-0.2, -0.15) is 0 Å². The Labute approximate surface area is 150 Å². The number of allylic oxidation sites excluding steroid dienone is 1. The molecule has 1 amide bonds. The molecule has 0 bridgehead atoms. The maximum atomic E-state index is 13.1. The van der Waals surface area contributed by atoms with E-state index in [0.717, 1.165) is 31.5 Å². The molecule has 3 aliphatic heterocycles. The molecule has 0 aromatic carbocycles. The van der Waals surface area contributed by atoms with Crippen LogP contribution in [0.4, 0.5) is 0 Å². The summed E-state index contributed by atoms with van der Waals surface area (Å²) in [6, 6.07) is 0. The zero-order valence-electron chi connectivity index (χ0n) is 14.0. The number of hydrogen-bond acceptors (Lipinski definition) is 6. The predicted molar refractivity (Wildman–Crippen MR) is 97.9 cm³/mol. The average molecular weight is 367 g/mol. The van der Waals surface area contributed by atoms with E-state index in [1.807, 2.05) is 12.5 Å². The lowest BCUT2D eigenvalue weighted by atomic mass is 9.83. The SMILES string of the molecule is CSC1SC(C(C)=O)(C(=O)/C=C/N2CCCC2)C2=C1C(=O)NCC2. The monoisotopic (exact) mass is 366 g/mol. The number of hydrogen-bond donors (Lipinski definition) is 1. The molecule has 0 aliphatic carbocycles. The number of Topliss-reactive ketones (excluding diaryl/α,β-unsaturated/α-hetero) is 1. The molecule has 24 heavy (non-hydrogen) atoms. The molecule has 130 valence electrons. The first-order valence-corrected chi connectivity index (χ1v) is 10.4. The third-order valence-electron chi connectivity index (χ3n) is 4.81. The maximum Gasteiger partial charge on any atom is 0.249 e. The van der Waals surface area contributed by atoms with Gasteiger partial charge in [-0.25, -0.2) is 0 Å². The van der Waals surface area contributed by atoms with Crippen LogP contribution in [0.3, 0.4) is 0 Å². The van der Waals surface area contributed by atoms with Gasteiger partial charge >= 0.3 is 0 Å². The molecule has 7 heteroatoms. The molecule has 2 atom stereocenters. The molecule has 1 saturated heterocycles. The van der Waals surface area contributed by atoms with Crippen molar-refractivity contribution >= 4 is 41.0 Å². The van der Waals surface area contributed by atoms with Gasteiger partial charge in [-0.3, -0.25) is 14.4 Å². The predicted octanol–water partition coefficient (Wildman–Crippen LogP) is 1.75. The van der Waals surface area contributed by atoms with Gasteiger partial charge in [0.05, 0.1) is 4.58 Å². The second-order valence-electron chi connectivity index (χ2n) is 6.24. The summed E-state index contributed by atoms with van der Waals surface area (Å²) in [4.78, 5) is 40.0. The van der Waals surface area contributed by atoms with Gasteiger partial charge in [0.15, 0.2) is 16.3 Å². The van der Waals surface area contributed by atoms with Gasteiger partial charge in [0.2, 0.25) is 5.91 Å². The third-order valence-corrected chi connectivity index (χ3v) is 7.88. The first-order valence-electron chi connectivity index (χ1n) is 8.20. The van der Waals surface area contributed by atoms with Gasteiger partial charge < -0.3 is 10.2 Å². The first kappa shape index (κ1) is 17.6. The summed E-state index contributed by atoms with van der Waals surface area (Å²) in [6.07, 6.45) is 8.10. The Morgan fingerprint density at radius 2 is 2.08 bits per heavy atom. The molecule has 0 spiro atoms. The van der Waals surface area contributed by atoms with Crippen LogP contribution in [0.2, 0.25) is 0 Å². The Balaban J connectivity index is 1.97. The van der Waals surface area contributed by atoms with Crippen LogP contribution in [-0.2, 0) is 14.4 Å². The lowest BCUT2D eigenvalue weighted by Gasteiger charge is -2.28. The van der Waals surface area contributed by atoms with E-state index in [9.17, 15) is 14.4 Å². The van der Waals surface area contributed by atoms with E-state index in [-0.39, 0.29) is 22.1 Å². The van der Waals surface area contributed by atoms with Crippen molar-refractivity contribution in [3.63, 3.8) is 0 Å². The second-order valence-corrected chi connectivity index (χ2v) is 8.80. The summed E-state index contributed by atoms with van der Waals surface area (Å²) >= 11 is 2.83. The summed E-state index contributed by atoms with van der Waals surface area (Å²) in [5.74, 6) is -0.518. The minimum atomic E-state index is -1.23. The molecule has 2 unspecified atom stereocenters. The highest BCUT2D eigenvalue weighted by Gasteiger charge is 2.56. The molecule has 0 aromatic heterocycles. The zero-order chi connectivity index (χ0) is 17.3. The van der Waals surface area contributed by atoms with E-state index in [4.69, 9.17) is 0 Å². The van der Waals surface area contributed by atoms with E-state index < -0.39 is 4.75 Å². The van der Waals surface area contributed by atoms with Gasteiger partial charge in [0.1, 0.15) is 0 Å². The quantitative estimate of drug-likeness (QED) is 0.591. The number of amides is 1. The number of likely N-dealkylation sites (tertiary alicyclic amines) is 1. The minimum Gasteiger partial charge on any atom is -0.377 e. The van der Waals surface area contributed by atoms with E-state index >= 15 is 0 Å². The fraction of sp³-hybridized carbons (Fsp3) is 0.588. The number of carbonyl (C=O) groups excluding carboxylic acids is 3. The van der Waals surface area contributed by atoms with Crippen molar-refractivity contribution in [2.24, 2.45) is 0 Å². The summed E-state index contributed by atoms with van der Waals surface area (Å²) < 4.78 is -1.40. The Bertz CT molecular complexity index is 638. The van der Waals surface area contributed by atoms with E-state index in [2.05, 4.69) is 10.2 Å². The summed E-state index contributed by atoms with van der Waals surface area (Å²) in [5, 5.41) is 2.84. The van der Waals surface area contributed by atoms with Crippen LogP contribution in [0.5, 0.6) is 0 Å². The van der Waals surface area contributed by atoms with Crippen LogP contribution in [0, 0.1) is 0 Å². The van der Waals surface area contributed by atoms with Crippen molar-refractivity contribution in [3.05, 3.63) is 23.4 Å². The number of nitrogens with one attached hydrogen (secondary N) is 1. The van der Waals surface area contributed by atoms with Crippen LogP contribution >= 0.6 is 23.5 Å². The van der Waals surface area contributed by atoms with Gasteiger partial charge in [-0.05, 0) is 44.1 Å². The van der Waals surface area contributed by atoms with Gasteiger partial charge in [-0.15, -0.1) is 23.5 Å². The number of carbonyl (C=O) groups is 3. The number of nitrogens with zero attached hydrogens (tertiary/aromatic N) is 1. The molecule has 3 heterocycles. The van der Waals surface area contributed by atoms with Crippen molar-refractivity contribution in [1.29, 1.82) is 0 Å². The number of ketones is 2. The molecular weight excluding hydrogens is 344 g/mol. The lowest BCUT2D eigenvalue weighted by Crippen LogP contribution is -2.44. The Morgan fingerprint density at radius 3 is 2.71 bits per heavy atom. The van der Waals surface area contributed by atoms with Crippen LogP contribution in [0.15, 0.2) is 23.4 Å². The van der Waals surface area contributed by atoms with Crippen LogP contribution < -0.4 is 5.32 Å². The summed E-state index contributed by atoms with van der Waals surface area (Å²) in [7, 11) is 0. The molecule has 1 fully saturated rings. The number of rotatable bonds is 5. The van der Waals surface area contributed by atoms with E-state index in [1.54, 1.807) is 6.08 Å². The van der Waals surface area contributed by atoms with Crippen molar-refractivity contribution in [3.8, 4) is 0 Å². The average Bonchev–Trinajstić information content (AvgIpc) is 3.19. The molecule has 0 saturated carbocycles. The number of thioether (sulfide) groups is 2. The van der Waals surface area contributed by atoms with Crippen LogP contribution in [-0.4, -0.2) is 57.6 Å². The van der Waals surface area contributed by atoms with Gasteiger partial charge in [0, 0.05) is 31.4 Å². The smallest absolute Gasteiger partial charge is 0.249 e. The topological polar surface area (TPSA) is 66.5 Å². The molecule has 0 aromatic rings. The highest BCUT2D eigenvalue weighted by molar-refractivity contribution is 8.18. The fourth-order valence-corrected chi connectivity index (χ4v) is 6.29. The van der Waals surface area contributed by atoms with Crippen LogP contribution in [0.25, 0.3) is 0 Å². The van der Waals surface area contributed by atoms with Crippen LogP contribution in [0.1, 0.15) is 26.2 Å². The molecule has 1 N–H and O–H groups in total. The van der Waals surface area contributed by atoms with Crippen molar-refractivity contribution in [1.82, 2.24) is 10.2 Å². The molecule has 3 rings (SSSR count). The normalized spacial score (nSPS) is 30.0. The molecule has 3 aliphatic rings. The van der Waals surface area contributed by atoms with Gasteiger partial charge in [0.25, 0.3) is 0 Å². The fourth-order valence-electron chi connectivity index (χ4n) is 3.60. The Kier molecular flexibility index (Phi) is 5.11. The molecular formula is C17H22N2O3S2. The zero-order valence-corrected chi connectivity index (χ0v) is 15.6. The second kappa shape index (κ2) is 6.96. The van der Waals surface area contributed by atoms with E-state index in [1.165, 1.54) is 30.4 Å². The highest BCUT2D eigenvalue weighted by atomic mass is 32.2. The van der Waals surface area contributed by atoms with Gasteiger partial charge in [-0.1, -0.05) is 0 Å². The summed E-state index contributed by atoms with van der Waals surface area (Å²) in [5.41, 5.74) is 1.34.